The average molecular weight is 530 g/mol. The number of amides is 1. The van der Waals surface area contributed by atoms with Crippen LogP contribution in [0, 0.1) is 29.5 Å². The molecule has 8 nitrogen and oxygen atoms in total. The van der Waals surface area contributed by atoms with Crippen LogP contribution in [0.1, 0.15) is 29.6 Å². The molecule has 6 rings (SSSR count). The van der Waals surface area contributed by atoms with E-state index in [1.165, 1.54) is 23.5 Å². The summed E-state index contributed by atoms with van der Waals surface area (Å²) in [7, 11) is 1.96. The molecule has 0 bridgehead atoms. The summed E-state index contributed by atoms with van der Waals surface area (Å²) in [6.07, 6.45) is 2.75. The van der Waals surface area contributed by atoms with Crippen molar-refractivity contribution >= 4 is 39.8 Å². The highest BCUT2D eigenvalue weighted by molar-refractivity contribution is 7.16. The summed E-state index contributed by atoms with van der Waals surface area (Å²) >= 11 is 1.32. The number of nitrogens with zero attached hydrogens (tertiary/aromatic N) is 7. The minimum atomic E-state index is -0.327. The van der Waals surface area contributed by atoms with E-state index >= 15 is 0 Å². The third-order valence-corrected chi connectivity index (χ3v) is 8.80. The summed E-state index contributed by atoms with van der Waals surface area (Å²) in [5.41, 5.74) is 6.53. The number of rotatable bonds is 6. The second kappa shape index (κ2) is 9.10. The van der Waals surface area contributed by atoms with Gasteiger partial charge in [0, 0.05) is 55.6 Å². The Bertz CT molecular complexity index is 1580. The highest BCUT2D eigenvalue weighted by atomic mass is 32.1. The van der Waals surface area contributed by atoms with E-state index in [2.05, 4.69) is 36.9 Å². The van der Waals surface area contributed by atoms with Crippen LogP contribution in [0.15, 0.2) is 36.4 Å². The standard InChI is InChI=1S/C28H28FN7OS/c1-4-22-26(33(3)27-31-25(24(13-30)38-27)19-5-7-20(29)8-6-19)23-12-21(11-18(2)36(23)32-22)35-15-28(16-35)9-10-34(14-28)17-37/h5-8,11-12,17H,4,9-10,14-16H2,1-3H3. The predicted molar refractivity (Wildman–Crippen MR) is 146 cm³/mol. The van der Waals surface area contributed by atoms with Crippen molar-refractivity contribution in [1.29, 1.82) is 5.26 Å². The number of pyridine rings is 1. The number of anilines is 3. The van der Waals surface area contributed by atoms with Crippen molar-refractivity contribution in [1.82, 2.24) is 19.5 Å². The Morgan fingerprint density at radius 3 is 2.66 bits per heavy atom. The maximum Gasteiger partial charge on any atom is 0.209 e. The van der Waals surface area contributed by atoms with Crippen molar-refractivity contribution < 1.29 is 9.18 Å². The van der Waals surface area contributed by atoms with E-state index in [-0.39, 0.29) is 11.2 Å². The lowest BCUT2D eigenvalue weighted by Crippen LogP contribution is -2.57. The fourth-order valence-electron chi connectivity index (χ4n) is 5.80. The quantitative estimate of drug-likeness (QED) is 0.335. The largest absolute Gasteiger partial charge is 0.370 e. The number of likely N-dealkylation sites (tertiary alicyclic amines) is 1. The van der Waals surface area contributed by atoms with Crippen molar-refractivity contribution in [3.05, 3.63) is 58.5 Å². The highest BCUT2D eigenvalue weighted by Crippen LogP contribution is 2.43. The van der Waals surface area contributed by atoms with E-state index in [1.807, 2.05) is 21.4 Å². The number of hydrogen-bond acceptors (Lipinski definition) is 7. The van der Waals surface area contributed by atoms with E-state index in [0.29, 0.717) is 21.3 Å². The van der Waals surface area contributed by atoms with Gasteiger partial charge >= 0.3 is 0 Å². The second-order valence-electron chi connectivity index (χ2n) is 10.3. The maximum absolute atomic E-state index is 13.5. The molecule has 0 aliphatic carbocycles. The van der Waals surface area contributed by atoms with E-state index in [0.717, 1.165) is 73.7 Å². The molecule has 0 N–H and O–H groups in total. The topological polar surface area (TPSA) is 80.8 Å². The van der Waals surface area contributed by atoms with Gasteiger partial charge in [0.25, 0.3) is 0 Å². The molecule has 4 aromatic rings. The van der Waals surface area contributed by atoms with E-state index in [9.17, 15) is 14.4 Å². The number of thiazole rings is 1. The van der Waals surface area contributed by atoms with E-state index < -0.39 is 0 Å². The zero-order valence-corrected chi connectivity index (χ0v) is 22.4. The number of benzene rings is 1. The van der Waals surface area contributed by atoms with Crippen LogP contribution in [0.4, 0.5) is 20.9 Å². The number of nitriles is 1. The monoisotopic (exact) mass is 529 g/mol. The van der Waals surface area contributed by atoms with Gasteiger partial charge in [0.1, 0.15) is 22.5 Å². The average Bonchev–Trinajstić information content (AvgIpc) is 3.62. The molecule has 5 heterocycles. The number of aromatic nitrogens is 3. The van der Waals surface area contributed by atoms with Crippen molar-refractivity contribution in [3.8, 4) is 17.3 Å². The van der Waals surface area contributed by atoms with Crippen LogP contribution >= 0.6 is 11.3 Å². The molecule has 10 heteroatoms. The van der Waals surface area contributed by atoms with Crippen molar-refractivity contribution in [2.45, 2.75) is 26.7 Å². The van der Waals surface area contributed by atoms with Crippen LogP contribution in [-0.2, 0) is 11.2 Å². The minimum Gasteiger partial charge on any atom is -0.370 e. The first kappa shape index (κ1) is 24.4. The Labute approximate surface area is 224 Å². The van der Waals surface area contributed by atoms with E-state index in [1.54, 1.807) is 12.1 Å². The molecule has 0 saturated carbocycles. The second-order valence-corrected chi connectivity index (χ2v) is 11.3. The lowest BCUT2D eigenvalue weighted by Gasteiger charge is -2.49. The molecular weight excluding hydrogens is 501 g/mol. The van der Waals surface area contributed by atoms with Gasteiger partial charge < -0.3 is 14.7 Å². The van der Waals surface area contributed by atoms with Crippen molar-refractivity contribution in [2.24, 2.45) is 5.41 Å². The Morgan fingerprint density at radius 2 is 2.00 bits per heavy atom. The Morgan fingerprint density at radius 1 is 1.24 bits per heavy atom. The van der Waals surface area contributed by atoms with Crippen molar-refractivity contribution in [2.75, 3.05) is 43.0 Å². The van der Waals surface area contributed by atoms with Gasteiger partial charge in [0.2, 0.25) is 6.41 Å². The van der Waals surface area contributed by atoms with Gasteiger partial charge in [-0.05, 0) is 56.2 Å². The lowest BCUT2D eigenvalue weighted by atomic mass is 9.79. The number of aryl methyl sites for hydroxylation is 2. The molecular formula is C28H28FN7OS. The molecule has 2 saturated heterocycles. The van der Waals surface area contributed by atoms with Gasteiger partial charge in [-0.3, -0.25) is 4.79 Å². The molecule has 1 aromatic carbocycles. The normalized spacial score (nSPS) is 16.2. The van der Waals surface area contributed by atoms with Crippen LogP contribution in [0.2, 0.25) is 0 Å². The molecule has 3 aromatic heterocycles. The summed E-state index contributed by atoms with van der Waals surface area (Å²) < 4.78 is 15.5. The van der Waals surface area contributed by atoms with Gasteiger partial charge in [-0.25, -0.2) is 13.9 Å². The lowest BCUT2D eigenvalue weighted by molar-refractivity contribution is -0.117. The van der Waals surface area contributed by atoms with Crippen molar-refractivity contribution in [3.63, 3.8) is 0 Å². The number of carbonyl (C=O) groups is 1. The highest BCUT2D eigenvalue weighted by Gasteiger charge is 2.47. The third kappa shape index (κ3) is 3.89. The molecule has 1 amide bonds. The molecule has 0 atom stereocenters. The summed E-state index contributed by atoms with van der Waals surface area (Å²) in [5, 5.41) is 15.4. The summed E-state index contributed by atoms with van der Waals surface area (Å²) in [6, 6.07) is 12.7. The molecule has 38 heavy (non-hydrogen) atoms. The van der Waals surface area contributed by atoms with Gasteiger partial charge in [0.05, 0.1) is 16.9 Å². The Kier molecular flexibility index (Phi) is 5.83. The van der Waals surface area contributed by atoms with Crippen LogP contribution in [0.3, 0.4) is 0 Å². The Balaban J connectivity index is 1.37. The first-order valence-corrected chi connectivity index (χ1v) is 13.5. The van der Waals surface area contributed by atoms with Gasteiger partial charge in [0.15, 0.2) is 5.13 Å². The molecule has 0 unspecified atom stereocenters. The summed E-state index contributed by atoms with van der Waals surface area (Å²) in [6.45, 7) is 7.69. The summed E-state index contributed by atoms with van der Waals surface area (Å²) in [4.78, 5) is 22.8. The molecule has 1 spiro atoms. The third-order valence-electron chi connectivity index (χ3n) is 7.77. The number of hydrogen-bond donors (Lipinski definition) is 0. The van der Waals surface area contributed by atoms with Crippen LogP contribution < -0.4 is 9.80 Å². The number of halogens is 1. The number of fused-ring (bicyclic) bond motifs is 1. The molecule has 2 aliphatic heterocycles. The first-order chi connectivity index (χ1) is 18.3. The van der Waals surface area contributed by atoms with Crippen LogP contribution in [0.5, 0.6) is 0 Å². The smallest absolute Gasteiger partial charge is 0.209 e. The predicted octanol–water partition coefficient (Wildman–Crippen LogP) is 4.78. The van der Waals surface area contributed by atoms with Gasteiger partial charge in [-0.2, -0.15) is 10.4 Å². The maximum atomic E-state index is 13.5. The molecule has 2 aliphatic rings. The van der Waals surface area contributed by atoms with Gasteiger partial charge in [-0.1, -0.05) is 18.3 Å². The van der Waals surface area contributed by atoms with Gasteiger partial charge in [-0.15, -0.1) is 0 Å². The summed E-state index contributed by atoms with van der Waals surface area (Å²) in [5.74, 6) is -0.327. The van der Waals surface area contributed by atoms with Crippen LogP contribution in [0.25, 0.3) is 16.8 Å². The van der Waals surface area contributed by atoms with Crippen LogP contribution in [-0.4, -0.2) is 59.1 Å². The molecule has 0 radical (unpaired) electrons. The minimum absolute atomic E-state index is 0.195. The SMILES string of the molecule is CCc1nn2c(C)cc(N3CC4(CCN(C=O)C4)C3)cc2c1N(C)c1nc(-c2ccc(F)cc2)c(C#N)s1. The first-order valence-electron chi connectivity index (χ1n) is 12.7. The zero-order valence-electron chi connectivity index (χ0n) is 21.6. The fourth-order valence-corrected chi connectivity index (χ4v) is 6.66. The van der Waals surface area contributed by atoms with E-state index in [4.69, 9.17) is 10.1 Å². The zero-order chi connectivity index (χ0) is 26.6. The molecule has 194 valence electrons. The Hall–Kier alpha value is -3.97. The number of carbonyl (C=O) groups excluding carboxylic acids is 1. The molecule has 2 fully saturated rings. The fraction of sp³-hybridized carbons (Fsp3) is 0.357.